The summed E-state index contributed by atoms with van der Waals surface area (Å²) in [4.78, 5) is 34.5. The van der Waals surface area contributed by atoms with E-state index < -0.39 is 11.7 Å². The van der Waals surface area contributed by atoms with Crippen LogP contribution in [0.3, 0.4) is 0 Å². The van der Waals surface area contributed by atoms with Crippen molar-refractivity contribution in [3.8, 4) is 6.01 Å². The van der Waals surface area contributed by atoms with Gasteiger partial charge in [0.25, 0.3) is 0 Å². The Morgan fingerprint density at radius 3 is 2.58 bits per heavy atom. The van der Waals surface area contributed by atoms with Crippen molar-refractivity contribution in [2.45, 2.75) is 20.1 Å². The molecule has 1 amide bonds. The molecule has 0 bridgehead atoms. The number of ether oxygens (including phenoxy) is 1. The number of aromatic nitrogens is 4. The summed E-state index contributed by atoms with van der Waals surface area (Å²) in [5.41, 5.74) is 0.885. The highest BCUT2D eigenvalue weighted by Crippen LogP contribution is 2.15. The van der Waals surface area contributed by atoms with E-state index in [4.69, 9.17) is 4.74 Å². The van der Waals surface area contributed by atoms with Crippen LogP contribution in [0.25, 0.3) is 11.2 Å². The molecule has 0 atom stereocenters. The van der Waals surface area contributed by atoms with Gasteiger partial charge in [0.2, 0.25) is 0 Å². The number of carbonyl (C=O) groups is 1. The van der Waals surface area contributed by atoms with Gasteiger partial charge in [-0.3, -0.25) is 4.57 Å². The van der Waals surface area contributed by atoms with E-state index in [0.717, 1.165) is 10.1 Å². The molecule has 0 aliphatic heterocycles. The minimum absolute atomic E-state index is 0.0235. The average molecular weight is 359 g/mol. The van der Waals surface area contributed by atoms with Gasteiger partial charge in [0, 0.05) is 20.6 Å². The van der Waals surface area contributed by atoms with Gasteiger partial charge in [0.05, 0.1) is 6.20 Å². The van der Waals surface area contributed by atoms with E-state index in [2.05, 4.69) is 9.97 Å². The van der Waals surface area contributed by atoms with Gasteiger partial charge in [-0.25, -0.2) is 19.0 Å². The molecule has 1 aromatic carbocycles. The standard InChI is InChI=1S/C17H18FN5O3/c1-4-22-13-9-19-15(26-10-11-5-7-12(18)8-6-11)20-14(13)23(17(22)25)16(24)21(2)3/h5-9H,4,10H2,1-3H3. The van der Waals surface area contributed by atoms with E-state index >= 15 is 0 Å². The van der Waals surface area contributed by atoms with Crippen LogP contribution >= 0.6 is 0 Å². The van der Waals surface area contributed by atoms with Crippen molar-refractivity contribution in [2.75, 3.05) is 14.1 Å². The highest BCUT2D eigenvalue weighted by Gasteiger charge is 2.21. The number of fused-ring (bicyclic) bond motifs is 1. The highest BCUT2D eigenvalue weighted by atomic mass is 19.1. The zero-order chi connectivity index (χ0) is 18.8. The van der Waals surface area contributed by atoms with E-state index in [0.29, 0.717) is 12.1 Å². The Morgan fingerprint density at radius 1 is 1.27 bits per heavy atom. The first-order valence-electron chi connectivity index (χ1n) is 7.99. The van der Waals surface area contributed by atoms with Gasteiger partial charge < -0.3 is 9.64 Å². The van der Waals surface area contributed by atoms with E-state index in [1.165, 1.54) is 27.8 Å². The Kier molecular flexibility index (Phi) is 4.70. The van der Waals surface area contributed by atoms with Crippen LogP contribution in [0.15, 0.2) is 35.3 Å². The maximum Gasteiger partial charge on any atom is 0.338 e. The Morgan fingerprint density at radius 2 is 1.96 bits per heavy atom. The van der Waals surface area contributed by atoms with Gasteiger partial charge in [-0.1, -0.05) is 12.1 Å². The van der Waals surface area contributed by atoms with Crippen molar-refractivity contribution >= 4 is 17.2 Å². The summed E-state index contributed by atoms with van der Waals surface area (Å²) < 4.78 is 20.9. The van der Waals surface area contributed by atoms with Crippen molar-refractivity contribution in [1.82, 2.24) is 24.0 Å². The van der Waals surface area contributed by atoms with Gasteiger partial charge in [-0.05, 0) is 24.6 Å². The first-order valence-corrected chi connectivity index (χ1v) is 7.99. The molecule has 26 heavy (non-hydrogen) atoms. The molecule has 0 saturated heterocycles. The smallest absolute Gasteiger partial charge is 0.338 e. The fourth-order valence-electron chi connectivity index (χ4n) is 2.50. The average Bonchev–Trinajstić information content (AvgIpc) is 2.90. The van der Waals surface area contributed by atoms with Crippen molar-refractivity contribution < 1.29 is 13.9 Å². The Labute approximate surface area is 148 Å². The third kappa shape index (κ3) is 3.15. The summed E-state index contributed by atoms with van der Waals surface area (Å²) in [5, 5.41) is 0. The Hall–Kier alpha value is -3.23. The minimum Gasteiger partial charge on any atom is -0.459 e. The van der Waals surface area contributed by atoms with Crippen molar-refractivity contribution in [2.24, 2.45) is 0 Å². The van der Waals surface area contributed by atoms with E-state index in [9.17, 15) is 14.0 Å². The molecule has 8 nitrogen and oxygen atoms in total. The summed E-state index contributed by atoms with van der Waals surface area (Å²) >= 11 is 0. The van der Waals surface area contributed by atoms with Crippen molar-refractivity contribution in [3.05, 3.63) is 52.3 Å². The summed E-state index contributed by atoms with van der Waals surface area (Å²) in [6.45, 7) is 2.30. The molecule has 2 heterocycles. The lowest BCUT2D eigenvalue weighted by Gasteiger charge is -2.10. The number of benzene rings is 1. The molecule has 0 fully saturated rings. The fourth-order valence-corrected chi connectivity index (χ4v) is 2.50. The number of nitrogens with zero attached hydrogens (tertiary/aromatic N) is 5. The molecular formula is C17H18FN5O3. The normalized spacial score (nSPS) is 10.9. The molecule has 0 unspecified atom stereocenters. The molecule has 0 spiro atoms. The third-order valence-electron chi connectivity index (χ3n) is 3.82. The first-order chi connectivity index (χ1) is 12.4. The van der Waals surface area contributed by atoms with E-state index in [-0.39, 0.29) is 24.1 Å². The van der Waals surface area contributed by atoms with Crippen LogP contribution in [0, 0.1) is 5.82 Å². The zero-order valence-electron chi connectivity index (χ0n) is 14.6. The molecule has 3 aromatic rings. The molecule has 0 saturated carbocycles. The summed E-state index contributed by atoms with van der Waals surface area (Å²) in [6, 6.07) is 5.36. The van der Waals surface area contributed by atoms with Crippen LogP contribution in [-0.4, -0.2) is 44.1 Å². The number of amides is 1. The Bertz CT molecular complexity index is 1010. The predicted molar refractivity (Wildman–Crippen MR) is 92.7 cm³/mol. The minimum atomic E-state index is -0.504. The molecular weight excluding hydrogens is 341 g/mol. The lowest BCUT2D eigenvalue weighted by molar-refractivity contribution is 0.218. The second kappa shape index (κ2) is 6.95. The number of carbonyl (C=O) groups excluding carboxylic acids is 1. The van der Waals surface area contributed by atoms with Gasteiger partial charge >= 0.3 is 17.7 Å². The molecule has 0 radical (unpaired) electrons. The molecule has 3 rings (SSSR count). The summed E-state index contributed by atoms with van der Waals surface area (Å²) in [6.07, 6.45) is 1.45. The topological polar surface area (TPSA) is 82.2 Å². The number of imidazole rings is 1. The van der Waals surface area contributed by atoms with E-state index in [1.54, 1.807) is 33.2 Å². The van der Waals surface area contributed by atoms with Gasteiger partial charge in [-0.2, -0.15) is 9.55 Å². The predicted octanol–water partition coefficient (Wildman–Crippen LogP) is 1.86. The van der Waals surface area contributed by atoms with Crippen LogP contribution in [-0.2, 0) is 13.2 Å². The lowest BCUT2D eigenvalue weighted by atomic mass is 10.2. The first kappa shape index (κ1) is 17.6. The van der Waals surface area contributed by atoms with Crippen LogP contribution in [0.1, 0.15) is 12.5 Å². The van der Waals surface area contributed by atoms with Crippen LogP contribution in [0.5, 0.6) is 6.01 Å². The largest absolute Gasteiger partial charge is 0.459 e. The molecule has 136 valence electrons. The number of rotatable bonds is 4. The maximum atomic E-state index is 12.9. The van der Waals surface area contributed by atoms with Gasteiger partial charge in [0.1, 0.15) is 17.9 Å². The lowest BCUT2D eigenvalue weighted by Crippen LogP contribution is -2.36. The second-order valence-corrected chi connectivity index (χ2v) is 5.82. The number of hydrogen-bond acceptors (Lipinski definition) is 5. The SMILES string of the molecule is CCn1c(=O)n(C(=O)N(C)C)c2nc(OCc3ccc(F)cc3)ncc21. The molecule has 0 N–H and O–H groups in total. The van der Waals surface area contributed by atoms with Crippen LogP contribution < -0.4 is 10.4 Å². The molecule has 0 aliphatic carbocycles. The second-order valence-electron chi connectivity index (χ2n) is 5.82. The van der Waals surface area contributed by atoms with E-state index in [1.807, 2.05) is 0 Å². The van der Waals surface area contributed by atoms with Gasteiger partial charge in [0.15, 0.2) is 5.65 Å². The quantitative estimate of drug-likeness (QED) is 0.710. The zero-order valence-corrected chi connectivity index (χ0v) is 14.6. The number of hydrogen-bond donors (Lipinski definition) is 0. The van der Waals surface area contributed by atoms with Gasteiger partial charge in [-0.15, -0.1) is 0 Å². The van der Waals surface area contributed by atoms with Crippen molar-refractivity contribution in [1.29, 1.82) is 0 Å². The fraction of sp³-hybridized carbons (Fsp3) is 0.294. The summed E-state index contributed by atoms with van der Waals surface area (Å²) in [5.74, 6) is -0.335. The summed E-state index contributed by atoms with van der Waals surface area (Å²) in [7, 11) is 3.11. The maximum absolute atomic E-state index is 12.9. The van der Waals surface area contributed by atoms with Crippen molar-refractivity contribution in [3.63, 3.8) is 0 Å². The number of halogens is 1. The Balaban J connectivity index is 1.98. The third-order valence-corrected chi connectivity index (χ3v) is 3.82. The monoisotopic (exact) mass is 359 g/mol. The highest BCUT2D eigenvalue weighted by molar-refractivity contribution is 5.86. The molecule has 9 heteroatoms. The molecule has 2 aromatic heterocycles. The van der Waals surface area contributed by atoms with Crippen LogP contribution in [0.2, 0.25) is 0 Å². The number of aryl methyl sites for hydroxylation is 1. The molecule has 0 aliphatic rings. The van der Waals surface area contributed by atoms with Crippen LogP contribution in [0.4, 0.5) is 9.18 Å².